The number of unbranched alkanes of at least 4 members (excludes halogenated alkanes) is 1. The number of hydrogen-bond acceptors (Lipinski definition) is 6. The number of esters is 1. The number of carbonyl (C=O) groups excluding carboxylic acids is 3. The summed E-state index contributed by atoms with van der Waals surface area (Å²) in [6.45, 7) is 9.33. The molecule has 0 radical (unpaired) electrons. The minimum atomic E-state index is -0.636. The topological polar surface area (TPSA) is 114 Å². The molecule has 0 saturated carbocycles. The van der Waals surface area contributed by atoms with Crippen LogP contribution in [0.4, 0.5) is 0 Å². The van der Waals surface area contributed by atoms with Gasteiger partial charge in [0.25, 0.3) is 0 Å². The van der Waals surface area contributed by atoms with Crippen molar-refractivity contribution in [3.63, 3.8) is 0 Å². The molecule has 0 aliphatic rings. The maximum Gasteiger partial charge on any atom is 0.305 e. The van der Waals surface area contributed by atoms with Gasteiger partial charge in [-0.05, 0) is 55.9 Å². The summed E-state index contributed by atoms with van der Waals surface area (Å²) in [6.07, 6.45) is 5.71. The lowest BCUT2D eigenvalue weighted by atomic mass is 9.98. The highest BCUT2D eigenvalue weighted by Crippen LogP contribution is 2.16. The first-order chi connectivity index (χ1) is 19.3. The van der Waals surface area contributed by atoms with Crippen molar-refractivity contribution in [3.05, 3.63) is 91.0 Å². The molecule has 3 N–H and O–H groups in total. The van der Waals surface area contributed by atoms with Crippen LogP contribution >= 0.6 is 0 Å². The summed E-state index contributed by atoms with van der Waals surface area (Å²) < 4.78 is 11.0. The Morgan fingerprint density at radius 2 is 1.70 bits per heavy atom. The van der Waals surface area contributed by atoms with Gasteiger partial charge in [0.1, 0.15) is 19.0 Å². The van der Waals surface area contributed by atoms with Crippen LogP contribution in [0, 0.1) is 5.92 Å². The van der Waals surface area contributed by atoms with E-state index in [4.69, 9.17) is 9.47 Å². The van der Waals surface area contributed by atoms with Gasteiger partial charge < -0.3 is 25.2 Å². The summed E-state index contributed by atoms with van der Waals surface area (Å²) in [6, 6.07) is 16.5. The predicted molar refractivity (Wildman–Crippen MR) is 155 cm³/mol. The molecule has 2 amide bonds. The molecule has 216 valence electrons. The van der Waals surface area contributed by atoms with E-state index < -0.39 is 18.0 Å². The van der Waals surface area contributed by atoms with E-state index in [1.165, 1.54) is 0 Å². The van der Waals surface area contributed by atoms with Gasteiger partial charge in [-0.2, -0.15) is 0 Å². The number of hydrogen-bond donors (Lipinski definition) is 3. The minimum Gasteiger partial charge on any atom is -0.489 e. The molecule has 2 rings (SSSR count). The molecule has 0 heterocycles. The Morgan fingerprint density at radius 3 is 2.35 bits per heavy atom. The molecule has 0 saturated heterocycles. The quantitative estimate of drug-likeness (QED) is 0.137. The van der Waals surface area contributed by atoms with Crippen LogP contribution in [0.5, 0.6) is 5.75 Å². The number of carbonyl (C=O) groups is 3. The van der Waals surface area contributed by atoms with E-state index >= 15 is 0 Å². The highest BCUT2D eigenvalue weighted by molar-refractivity contribution is 5.86. The molecule has 2 aromatic carbocycles. The van der Waals surface area contributed by atoms with Crippen molar-refractivity contribution in [2.45, 2.75) is 64.1 Å². The number of aliphatic hydroxyl groups is 1. The zero-order chi connectivity index (χ0) is 29.2. The molecule has 0 fully saturated rings. The normalized spacial score (nSPS) is 12.8. The average Bonchev–Trinajstić information content (AvgIpc) is 2.95. The van der Waals surface area contributed by atoms with Crippen molar-refractivity contribution < 1.29 is 29.0 Å². The number of amides is 2. The highest BCUT2D eigenvalue weighted by atomic mass is 16.5. The molecule has 0 aromatic heterocycles. The number of nitrogens with one attached hydrogen (secondary N) is 2. The summed E-state index contributed by atoms with van der Waals surface area (Å²) in [5.41, 5.74) is 2.01. The number of aliphatic hydroxyl groups excluding tert-OH is 1. The van der Waals surface area contributed by atoms with E-state index in [0.717, 1.165) is 23.3 Å². The average molecular weight is 551 g/mol. The predicted octanol–water partition coefficient (Wildman–Crippen LogP) is 4.27. The molecular formula is C32H42N2O6. The molecule has 3 unspecified atom stereocenters. The molecule has 8 heteroatoms. The van der Waals surface area contributed by atoms with E-state index in [9.17, 15) is 19.5 Å². The van der Waals surface area contributed by atoms with Gasteiger partial charge in [0.2, 0.25) is 11.8 Å². The molecule has 0 aliphatic heterocycles. The lowest BCUT2D eigenvalue weighted by Crippen LogP contribution is -2.44. The Balaban J connectivity index is 1.81. The van der Waals surface area contributed by atoms with Gasteiger partial charge in [0.05, 0.1) is 24.6 Å². The fourth-order valence-corrected chi connectivity index (χ4v) is 3.99. The first kappa shape index (κ1) is 32.3. The molecule has 0 spiro atoms. The van der Waals surface area contributed by atoms with E-state index in [2.05, 4.69) is 23.8 Å². The third kappa shape index (κ3) is 12.8. The smallest absolute Gasteiger partial charge is 0.305 e. The van der Waals surface area contributed by atoms with Crippen molar-refractivity contribution in [3.8, 4) is 5.75 Å². The standard InChI is InChI=1S/C32H42N2O6/c1-4-6-8-14-31(37)40-22-24(3)33-32(38)27(11-5-2)20-30(36)34-28(21-35)19-25-15-17-29(18-16-25)39-23-26-12-9-7-10-13-26/h4-5,7,9-10,12-13,15-18,24,27-28,35H,1-2,6,8,11,14,19-23H2,3H3,(H,33,38)(H,34,36). The second-order valence-corrected chi connectivity index (χ2v) is 9.77. The molecule has 0 aliphatic carbocycles. The van der Waals surface area contributed by atoms with Crippen molar-refractivity contribution in [1.82, 2.24) is 10.6 Å². The second kappa shape index (κ2) is 18.4. The van der Waals surface area contributed by atoms with Crippen LogP contribution in [0.3, 0.4) is 0 Å². The van der Waals surface area contributed by atoms with Crippen molar-refractivity contribution in [2.75, 3.05) is 13.2 Å². The van der Waals surface area contributed by atoms with Gasteiger partial charge in [0.15, 0.2) is 0 Å². The van der Waals surface area contributed by atoms with Gasteiger partial charge in [-0.1, -0.05) is 54.6 Å². The zero-order valence-corrected chi connectivity index (χ0v) is 23.3. The summed E-state index contributed by atoms with van der Waals surface area (Å²) in [5, 5.41) is 15.5. The van der Waals surface area contributed by atoms with Crippen LogP contribution in [0.25, 0.3) is 0 Å². The van der Waals surface area contributed by atoms with Crippen LogP contribution in [-0.2, 0) is 32.1 Å². The Morgan fingerprint density at radius 1 is 0.975 bits per heavy atom. The Hall–Kier alpha value is -3.91. The lowest BCUT2D eigenvalue weighted by Gasteiger charge is -2.21. The van der Waals surface area contributed by atoms with Crippen LogP contribution in [-0.4, -0.2) is 48.2 Å². The third-order valence-electron chi connectivity index (χ3n) is 6.17. The Bertz CT molecular complexity index is 1070. The number of benzene rings is 2. The van der Waals surface area contributed by atoms with Crippen LogP contribution in [0.1, 0.15) is 50.2 Å². The van der Waals surface area contributed by atoms with E-state index in [1.54, 1.807) is 19.1 Å². The minimum absolute atomic E-state index is 0.0499. The molecule has 40 heavy (non-hydrogen) atoms. The Labute approximate surface area is 237 Å². The largest absolute Gasteiger partial charge is 0.489 e. The lowest BCUT2D eigenvalue weighted by molar-refractivity contribution is -0.145. The van der Waals surface area contributed by atoms with Crippen LogP contribution in [0.15, 0.2) is 79.9 Å². The molecule has 3 atom stereocenters. The monoisotopic (exact) mass is 550 g/mol. The van der Waals surface area contributed by atoms with Crippen LogP contribution < -0.4 is 15.4 Å². The van der Waals surface area contributed by atoms with Crippen molar-refractivity contribution in [1.29, 1.82) is 0 Å². The van der Waals surface area contributed by atoms with Gasteiger partial charge in [-0.15, -0.1) is 13.2 Å². The number of allylic oxidation sites excluding steroid dienone is 2. The molecular weight excluding hydrogens is 508 g/mol. The number of rotatable bonds is 19. The summed E-state index contributed by atoms with van der Waals surface area (Å²) >= 11 is 0. The first-order valence-corrected chi connectivity index (χ1v) is 13.7. The fraction of sp³-hybridized carbons (Fsp3) is 0.406. The third-order valence-corrected chi connectivity index (χ3v) is 6.17. The zero-order valence-electron chi connectivity index (χ0n) is 23.3. The van der Waals surface area contributed by atoms with Crippen molar-refractivity contribution >= 4 is 17.8 Å². The molecule has 8 nitrogen and oxygen atoms in total. The molecule has 0 bridgehead atoms. The maximum absolute atomic E-state index is 12.8. The van der Waals surface area contributed by atoms with Crippen molar-refractivity contribution in [2.24, 2.45) is 5.92 Å². The Kier molecular flexibility index (Phi) is 14.9. The van der Waals surface area contributed by atoms with E-state index in [-0.39, 0.29) is 37.4 Å². The van der Waals surface area contributed by atoms with Gasteiger partial charge in [-0.25, -0.2) is 0 Å². The SMILES string of the molecule is C=CCCCC(=O)OCC(C)NC(=O)C(CC=C)CC(=O)NC(CO)Cc1ccc(OCc2ccccc2)cc1. The van der Waals surface area contributed by atoms with E-state index in [1.807, 2.05) is 54.6 Å². The second-order valence-electron chi connectivity index (χ2n) is 9.77. The van der Waals surface area contributed by atoms with Gasteiger partial charge in [-0.3, -0.25) is 14.4 Å². The maximum atomic E-state index is 12.8. The highest BCUT2D eigenvalue weighted by Gasteiger charge is 2.24. The summed E-state index contributed by atoms with van der Waals surface area (Å²) in [4.78, 5) is 37.4. The van der Waals surface area contributed by atoms with Gasteiger partial charge in [0, 0.05) is 12.8 Å². The van der Waals surface area contributed by atoms with Gasteiger partial charge >= 0.3 is 5.97 Å². The summed E-state index contributed by atoms with van der Waals surface area (Å²) in [7, 11) is 0. The number of ether oxygens (including phenoxy) is 2. The fourth-order valence-electron chi connectivity index (χ4n) is 3.99. The summed E-state index contributed by atoms with van der Waals surface area (Å²) in [5.74, 6) is -0.896. The van der Waals surface area contributed by atoms with Crippen LogP contribution in [0.2, 0.25) is 0 Å². The van der Waals surface area contributed by atoms with E-state index in [0.29, 0.717) is 32.3 Å². The first-order valence-electron chi connectivity index (χ1n) is 13.7. The molecule has 2 aromatic rings.